The first-order chi connectivity index (χ1) is 8.56. The number of benzene rings is 1. The lowest BCUT2D eigenvalue weighted by Gasteiger charge is -2.08. The maximum Gasteiger partial charge on any atom is 0.143 e. The van der Waals surface area contributed by atoms with Gasteiger partial charge in [0.2, 0.25) is 0 Å². The molecule has 3 nitrogen and oxygen atoms in total. The van der Waals surface area contributed by atoms with E-state index in [0.29, 0.717) is 11.8 Å². The van der Waals surface area contributed by atoms with E-state index in [1.165, 1.54) is 17.7 Å². The number of oxime groups is 1. The van der Waals surface area contributed by atoms with Crippen molar-refractivity contribution in [2.24, 2.45) is 28.1 Å². The lowest BCUT2D eigenvalue weighted by Crippen LogP contribution is -2.18. The SMILES string of the molecule is CC12C=C(c3ccc(F)cc3)C[C@H]1[C@@H]2/C(N)=N/O. The Morgan fingerprint density at radius 3 is 2.61 bits per heavy atom. The second-order valence-corrected chi connectivity index (χ2v) is 5.36. The summed E-state index contributed by atoms with van der Waals surface area (Å²) in [5.41, 5.74) is 7.96. The standard InChI is InChI=1S/C14H15FN2O/c1-14-7-9(8-2-4-10(15)5-3-8)6-11(14)12(14)13(16)17-18/h2-5,7,11-12,18H,6H2,1H3,(H2,16,17)/t11-,12+,14?/m0/s1. The minimum absolute atomic E-state index is 0.0000325. The van der Waals surface area contributed by atoms with Gasteiger partial charge < -0.3 is 10.9 Å². The van der Waals surface area contributed by atoms with Crippen molar-refractivity contribution < 1.29 is 9.60 Å². The van der Waals surface area contributed by atoms with Crippen molar-refractivity contribution in [2.45, 2.75) is 13.3 Å². The molecule has 0 aliphatic heterocycles. The van der Waals surface area contributed by atoms with Crippen molar-refractivity contribution in [1.29, 1.82) is 0 Å². The Kier molecular flexibility index (Phi) is 2.24. The molecule has 0 radical (unpaired) electrons. The maximum absolute atomic E-state index is 12.9. The van der Waals surface area contributed by atoms with Crippen LogP contribution in [0, 0.1) is 23.1 Å². The van der Waals surface area contributed by atoms with Gasteiger partial charge in [-0.05, 0) is 35.6 Å². The molecule has 3 rings (SSSR count). The van der Waals surface area contributed by atoms with Crippen LogP contribution in [0.1, 0.15) is 18.9 Å². The van der Waals surface area contributed by atoms with E-state index in [0.717, 1.165) is 12.0 Å². The average Bonchev–Trinajstić information content (AvgIpc) is 2.76. The molecule has 3 atom stereocenters. The summed E-state index contributed by atoms with van der Waals surface area (Å²) in [5, 5.41) is 11.8. The number of allylic oxidation sites excluding steroid dienone is 2. The summed E-state index contributed by atoms with van der Waals surface area (Å²) in [6, 6.07) is 6.55. The van der Waals surface area contributed by atoms with E-state index in [-0.39, 0.29) is 17.2 Å². The number of fused-ring (bicyclic) bond motifs is 1. The molecule has 2 aliphatic carbocycles. The molecule has 94 valence electrons. The topological polar surface area (TPSA) is 58.6 Å². The summed E-state index contributed by atoms with van der Waals surface area (Å²) in [6.07, 6.45) is 3.09. The molecule has 1 saturated carbocycles. The van der Waals surface area contributed by atoms with Gasteiger partial charge >= 0.3 is 0 Å². The molecule has 4 heteroatoms. The molecular weight excluding hydrogens is 231 g/mol. The molecule has 1 aromatic rings. The largest absolute Gasteiger partial charge is 0.409 e. The van der Waals surface area contributed by atoms with Gasteiger partial charge in [-0.1, -0.05) is 30.3 Å². The molecule has 2 aliphatic rings. The van der Waals surface area contributed by atoms with Crippen LogP contribution in [0.3, 0.4) is 0 Å². The van der Waals surface area contributed by atoms with Crippen LogP contribution in [-0.4, -0.2) is 11.0 Å². The molecule has 0 spiro atoms. The van der Waals surface area contributed by atoms with Crippen LogP contribution in [0.2, 0.25) is 0 Å². The minimum Gasteiger partial charge on any atom is -0.409 e. The van der Waals surface area contributed by atoms with Crippen molar-refractivity contribution in [3.8, 4) is 0 Å². The predicted molar refractivity (Wildman–Crippen MR) is 67.5 cm³/mol. The van der Waals surface area contributed by atoms with Crippen molar-refractivity contribution in [2.75, 3.05) is 0 Å². The second kappa shape index (κ2) is 3.57. The van der Waals surface area contributed by atoms with E-state index in [2.05, 4.69) is 18.2 Å². The first-order valence-electron chi connectivity index (χ1n) is 6.01. The highest BCUT2D eigenvalue weighted by Crippen LogP contribution is 2.67. The Balaban J connectivity index is 1.86. The lowest BCUT2D eigenvalue weighted by molar-refractivity contribution is 0.315. The number of amidine groups is 1. The zero-order valence-electron chi connectivity index (χ0n) is 10.1. The average molecular weight is 246 g/mol. The van der Waals surface area contributed by atoms with Gasteiger partial charge in [0.25, 0.3) is 0 Å². The highest BCUT2D eigenvalue weighted by atomic mass is 19.1. The summed E-state index contributed by atoms with van der Waals surface area (Å²) >= 11 is 0. The second-order valence-electron chi connectivity index (χ2n) is 5.36. The summed E-state index contributed by atoms with van der Waals surface area (Å²) in [5.74, 6) is 0.653. The van der Waals surface area contributed by atoms with Gasteiger partial charge in [-0.2, -0.15) is 0 Å². The van der Waals surface area contributed by atoms with Crippen LogP contribution < -0.4 is 5.73 Å². The van der Waals surface area contributed by atoms with Crippen molar-refractivity contribution in [3.05, 3.63) is 41.7 Å². The number of halogens is 1. The monoisotopic (exact) mass is 246 g/mol. The zero-order chi connectivity index (χ0) is 12.9. The molecule has 1 fully saturated rings. The highest BCUT2D eigenvalue weighted by molar-refractivity contribution is 5.89. The zero-order valence-corrected chi connectivity index (χ0v) is 10.1. The molecule has 0 bridgehead atoms. The Morgan fingerprint density at radius 2 is 2.11 bits per heavy atom. The van der Waals surface area contributed by atoms with E-state index < -0.39 is 0 Å². The van der Waals surface area contributed by atoms with Gasteiger partial charge in [-0.15, -0.1) is 0 Å². The fourth-order valence-electron chi connectivity index (χ4n) is 3.28. The first kappa shape index (κ1) is 11.3. The smallest absolute Gasteiger partial charge is 0.143 e. The molecule has 0 amide bonds. The Labute approximate surface area is 105 Å². The molecule has 0 aromatic heterocycles. The number of hydrogen-bond acceptors (Lipinski definition) is 2. The molecule has 0 heterocycles. The van der Waals surface area contributed by atoms with E-state index in [9.17, 15) is 4.39 Å². The summed E-state index contributed by atoms with van der Waals surface area (Å²) < 4.78 is 12.9. The van der Waals surface area contributed by atoms with Gasteiger partial charge in [0.1, 0.15) is 11.7 Å². The van der Waals surface area contributed by atoms with Crippen LogP contribution in [-0.2, 0) is 0 Å². The van der Waals surface area contributed by atoms with Crippen molar-refractivity contribution >= 4 is 11.4 Å². The number of nitrogens with two attached hydrogens (primary N) is 1. The van der Waals surface area contributed by atoms with Crippen LogP contribution in [0.25, 0.3) is 5.57 Å². The minimum atomic E-state index is -0.219. The Bertz CT molecular complexity index is 549. The fraction of sp³-hybridized carbons (Fsp3) is 0.357. The van der Waals surface area contributed by atoms with E-state index in [1.54, 1.807) is 12.1 Å². The number of hydrogen-bond donors (Lipinski definition) is 2. The molecule has 18 heavy (non-hydrogen) atoms. The van der Waals surface area contributed by atoms with E-state index in [4.69, 9.17) is 10.9 Å². The third-order valence-corrected chi connectivity index (χ3v) is 4.34. The summed E-state index contributed by atoms with van der Waals surface area (Å²) in [7, 11) is 0. The summed E-state index contributed by atoms with van der Waals surface area (Å²) in [4.78, 5) is 0. The third kappa shape index (κ3) is 1.45. The molecular formula is C14H15FN2O. The fourth-order valence-corrected chi connectivity index (χ4v) is 3.28. The molecule has 3 N–H and O–H groups in total. The first-order valence-corrected chi connectivity index (χ1v) is 6.01. The maximum atomic E-state index is 12.9. The molecule has 1 unspecified atom stereocenters. The van der Waals surface area contributed by atoms with Crippen LogP contribution >= 0.6 is 0 Å². The predicted octanol–water partition coefficient (Wildman–Crippen LogP) is 2.61. The van der Waals surface area contributed by atoms with Crippen LogP contribution in [0.4, 0.5) is 4.39 Å². The quantitative estimate of drug-likeness (QED) is 0.365. The highest BCUT2D eigenvalue weighted by Gasteiger charge is 2.64. The van der Waals surface area contributed by atoms with Gasteiger partial charge in [0, 0.05) is 11.3 Å². The van der Waals surface area contributed by atoms with Crippen LogP contribution in [0.5, 0.6) is 0 Å². The van der Waals surface area contributed by atoms with Gasteiger partial charge in [-0.3, -0.25) is 0 Å². The van der Waals surface area contributed by atoms with Gasteiger partial charge in [0.05, 0.1) is 0 Å². The Morgan fingerprint density at radius 1 is 1.44 bits per heavy atom. The third-order valence-electron chi connectivity index (χ3n) is 4.34. The summed E-state index contributed by atoms with van der Waals surface area (Å²) in [6.45, 7) is 2.12. The molecule has 0 saturated heterocycles. The Hall–Kier alpha value is -1.84. The number of rotatable bonds is 2. The molecule has 1 aromatic carbocycles. The van der Waals surface area contributed by atoms with Gasteiger partial charge in [0.15, 0.2) is 0 Å². The normalized spacial score (nSPS) is 34.1. The van der Waals surface area contributed by atoms with Crippen molar-refractivity contribution in [1.82, 2.24) is 0 Å². The van der Waals surface area contributed by atoms with Crippen LogP contribution in [0.15, 0.2) is 35.5 Å². The van der Waals surface area contributed by atoms with Crippen molar-refractivity contribution in [3.63, 3.8) is 0 Å². The van der Waals surface area contributed by atoms with Gasteiger partial charge in [-0.25, -0.2) is 4.39 Å². The number of nitrogens with zero attached hydrogens (tertiary/aromatic N) is 1. The van der Waals surface area contributed by atoms with E-state index >= 15 is 0 Å². The lowest BCUT2D eigenvalue weighted by atomic mass is 9.98. The van der Waals surface area contributed by atoms with E-state index in [1.807, 2.05) is 0 Å².